The molecule has 1 aromatic carbocycles. The summed E-state index contributed by atoms with van der Waals surface area (Å²) in [5.74, 6) is 0.781. The molecule has 0 aliphatic rings. The van der Waals surface area contributed by atoms with Crippen LogP contribution in [0.25, 0.3) is 0 Å². The van der Waals surface area contributed by atoms with Gasteiger partial charge in [0.05, 0.1) is 0 Å². The Labute approximate surface area is 116 Å². The SMILES string of the molecule is CC(Oc1cccc(Cl)c1)C(=O)Nc1ccn(C)n1. The topological polar surface area (TPSA) is 56.1 Å². The van der Waals surface area contributed by atoms with Crippen molar-refractivity contribution in [2.45, 2.75) is 13.0 Å². The summed E-state index contributed by atoms with van der Waals surface area (Å²) in [6, 6.07) is 8.63. The molecule has 1 N–H and O–H groups in total. The predicted molar refractivity (Wildman–Crippen MR) is 73.4 cm³/mol. The first-order valence-corrected chi connectivity index (χ1v) is 6.15. The third-order valence-corrected chi connectivity index (χ3v) is 2.68. The lowest BCUT2D eigenvalue weighted by Gasteiger charge is -2.13. The van der Waals surface area contributed by atoms with Gasteiger partial charge in [-0.25, -0.2) is 0 Å². The third kappa shape index (κ3) is 3.72. The van der Waals surface area contributed by atoms with Gasteiger partial charge in [-0.05, 0) is 25.1 Å². The summed E-state index contributed by atoms with van der Waals surface area (Å²) in [6.07, 6.45) is 1.11. The Morgan fingerprint density at radius 2 is 2.26 bits per heavy atom. The maximum Gasteiger partial charge on any atom is 0.266 e. The summed E-state index contributed by atoms with van der Waals surface area (Å²) in [4.78, 5) is 11.9. The number of amides is 1. The molecule has 19 heavy (non-hydrogen) atoms. The summed E-state index contributed by atoms with van der Waals surface area (Å²) in [5.41, 5.74) is 0. The Balaban J connectivity index is 1.96. The number of ether oxygens (including phenoxy) is 1. The van der Waals surface area contributed by atoms with E-state index in [2.05, 4.69) is 10.4 Å². The second-order valence-electron chi connectivity index (χ2n) is 4.08. The zero-order chi connectivity index (χ0) is 13.8. The number of anilines is 1. The van der Waals surface area contributed by atoms with Crippen LogP contribution in [-0.2, 0) is 11.8 Å². The molecular weight excluding hydrogens is 266 g/mol. The largest absolute Gasteiger partial charge is 0.481 e. The normalized spacial score (nSPS) is 11.9. The molecule has 0 radical (unpaired) electrons. The highest BCUT2D eigenvalue weighted by Gasteiger charge is 2.15. The second-order valence-corrected chi connectivity index (χ2v) is 4.52. The van der Waals surface area contributed by atoms with Gasteiger partial charge < -0.3 is 10.1 Å². The van der Waals surface area contributed by atoms with E-state index in [0.29, 0.717) is 16.6 Å². The van der Waals surface area contributed by atoms with E-state index in [0.717, 1.165) is 0 Å². The van der Waals surface area contributed by atoms with Crippen LogP contribution in [0.3, 0.4) is 0 Å². The summed E-state index contributed by atoms with van der Waals surface area (Å²) in [5, 5.41) is 7.30. The number of hydrogen-bond acceptors (Lipinski definition) is 3. The minimum Gasteiger partial charge on any atom is -0.481 e. The van der Waals surface area contributed by atoms with Crippen molar-refractivity contribution in [2.75, 3.05) is 5.32 Å². The summed E-state index contributed by atoms with van der Waals surface area (Å²) < 4.78 is 7.11. The zero-order valence-electron chi connectivity index (χ0n) is 10.6. The lowest BCUT2D eigenvalue weighted by Crippen LogP contribution is -2.30. The van der Waals surface area contributed by atoms with Gasteiger partial charge in [0.25, 0.3) is 5.91 Å². The smallest absolute Gasteiger partial charge is 0.266 e. The van der Waals surface area contributed by atoms with Crippen molar-refractivity contribution in [1.29, 1.82) is 0 Å². The van der Waals surface area contributed by atoms with E-state index in [-0.39, 0.29) is 5.91 Å². The summed E-state index contributed by atoms with van der Waals surface area (Å²) in [7, 11) is 1.78. The number of carbonyl (C=O) groups excluding carboxylic acids is 1. The molecule has 6 heteroatoms. The number of rotatable bonds is 4. The Morgan fingerprint density at radius 3 is 2.89 bits per heavy atom. The molecule has 1 heterocycles. The molecule has 1 aromatic heterocycles. The number of carbonyl (C=O) groups is 1. The van der Waals surface area contributed by atoms with Gasteiger partial charge in [-0.1, -0.05) is 17.7 Å². The number of nitrogens with one attached hydrogen (secondary N) is 1. The molecule has 0 aliphatic heterocycles. The molecule has 0 fully saturated rings. The Bertz CT molecular complexity index is 583. The van der Waals surface area contributed by atoms with Gasteiger partial charge in [0, 0.05) is 24.3 Å². The van der Waals surface area contributed by atoms with Crippen LogP contribution in [-0.4, -0.2) is 21.8 Å². The fourth-order valence-corrected chi connectivity index (χ4v) is 1.69. The lowest BCUT2D eigenvalue weighted by molar-refractivity contribution is -0.122. The number of benzene rings is 1. The van der Waals surface area contributed by atoms with Gasteiger partial charge in [0.15, 0.2) is 11.9 Å². The van der Waals surface area contributed by atoms with Crippen LogP contribution in [0.4, 0.5) is 5.82 Å². The molecule has 0 spiro atoms. The minimum atomic E-state index is -0.638. The van der Waals surface area contributed by atoms with Gasteiger partial charge in [-0.3, -0.25) is 9.48 Å². The van der Waals surface area contributed by atoms with Crippen molar-refractivity contribution in [3.05, 3.63) is 41.6 Å². The molecule has 1 amide bonds. The first kappa shape index (κ1) is 13.4. The quantitative estimate of drug-likeness (QED) is 0.935. The van der Waals surface area contributed by atoms with Crippen LogP contribution < -0.4 is 10.1 Å². The molecule has 2 aromatic rings. The maximum atomic E-state index is 11.9. The molecule has 0 bridgehead atoms. The van der Waals surface area contributed by atoms with E-state index in [4.69, 9.17) is 16.3 Å². The standard InChI is InChI=1S/C13H14ClN3O2/c1-9(19-11-5-3-4-10(14)8-11)13(18)15-12-6-7-17(2)16-12/h3-9H,1-2H3,(H,15,16,18). The van der Waals surface area contributed by atoms with E-state index in [1.54, 1.807) is 55.2 Å². The van der Waals surface area contributed by atoms with E-state index in [1.807, 2.05) is 0 Å². The van der Waals surface area contributed by atoms with Gasteiger partial charge in [-0.15, -0.1) is 0 Å². The van der Waals surface area contributed by atoms with Crippen molar-refractivity contribution in [2.24, 2.45) is 7.05 Å². The highest BCUT2D eigenvalue weighted by molar-refractivity contribution is 6.30. The van der Waals surface area contributed by atoms with Crippen molar-refractivity contribution in [3.63, 3.8) is 0 Å². The number of aryl methyl sites for hydroxylation is 1. The van der Waals surface area contributed by atoms with Gasteiger partial charge in [-0.2, -0.15) is 5.10 Å². The minimum absolute atomic E-state index is 0.265. The first-order valence-electron chi connectivity index (χ1n) is 5.77. The monoisotopic (exact) mass is 279 g/mol. The Morgan fingerprint density at radius 1 is 1.47 bits per heavy atom. The van der Waals surface area contributed by atoms with E-state index >= 15 is 0 Å². The van der Waals surface area contributed by atoms with Crippen molar-refractivity contribution in [3.8, 4) is 5.75 Å². The van der Waals surface area contributed by atoms with Crippen LogP contribution in [0.15, 0.2) is 36.5 Å². The molecule has 100 valence electrons. The molecule has 0 aliphatic carbocycles. The number of hydrogen-bond donors (Lipinski definition) is 1. The van der Waals surface area contributed by atoms with Gasteiger partial charge in [0.1, 0.15) is 5.75 Å². The zero-order valence-corrected chi connectivity index (χ0v) is 11.4. The molecule has 2 rings (SSSR count). The fourth-order valence-electron chi connectivity index (χ4n) is 1.51. The average Bonchev–Trinajstić information content (AvgIpc) is 2.74. The second kappa shape index (κ2) is 5.75. The van der Waals surface area contributed by atoms with E-state index in [1.165, 1.54) is 0 Å². The van der Waals surface area contributed by atoms with Crippen molar-refractivity contribution in [1.82, 2.24) is 9.78 Å². The first-order chi connectivity index (χ1) is 9.04. The highest BCUT2D eigenvalue weighted by Crippen LogP contribution is 2.18. The Kier molecular flexibility index (Phi) is 4.06. The van der Waals surface area contributed by atoms with Crippen LogP contribution in [0.1, 0.15) is 6.92 Å². The van der Waals surface area contributed by atoms with Crippen LogP contribution in [0, 0.1) is 0 Å². The van der Waals surface area contributed by atoms with Crippen molar-refractivity contribution < 1.29 is 9.53 Å². The van der Waals surface area contributed by atoms with Crippen molar-refractivity contribution >= 4 is 23.3 Å². The van der Waals surface area contributed by atoms with Crippen LogP contribution in [0.5, 0.6) is 5.75 Å². The van der Waals surface area contributed by atoms with Gasteiger partial charge in [0.2, 0.25) is 0 Å². The molecule has 0 saturated carbocycles. The molecular formula is C13H14ClN3O2. The highest BCUT2D eigenvalue weighted by atomic mass is 35.5. The molecule has 1 unspecified atom stereocenters. The van der Waals surface area contributed by atoms with E-state index in [9.17, 15) is 4.79 Å². The average molecular weight is 280 g/mol. The third-order valence-electron chi connectivity index (χ3n) is 2.44. The lowest BCUT2D eigenvalue weighted by atomic mass is 10.3. The number of nitrogens with zero attached hydrogens (tertiary/aromatic N) is 2. The number of aromatic nitrogens is 2. The van der Waals surface area contributed by atoms with Crippen LogP contribution >= 0.6 is 11.6 Å². The maximum absolute atomic E-state index is 11.9. The summed E-state index contributed by atoms with van der Waals surface area (Å²) >= 11 is 5.85. The van der Waals surface area contributed by atoms with Crippen LogP contribution in [0.2, 0.25) is 5.02 Å². The van der Waals surface area contributed by atoms with Gasteiger partial charge >= 0.3 is 0 Å². The summed E-state index contributed by atoms with van der Waals surface area (Å²) in [6.45, 7) is 1.67. The Hall–Kier alpha value is -2.01. The predicted octanol–water partition coefficient (Wildman–Crippen LogP) is 2.48. The van der Waals surface area contributed by atoms with E-state index < -0.39 is 6.10 Å². The molecule has 1 atom stereocenters. The number of halogens is 1. The molecule has 5 nitrogen and oxygen atoms in total. The molecule has 0 saturated heterocycles. The fraction of sp³-hybridized carbons (Fsp3) is 0.231.